The fourth-order valence-electron chi connectivity index (χ4n) is 2.30. The lowest BCUT2D eigenvalue weighted by Gasteiger charge is -2.17. The summed E-state index contributed by atoms with van der Waals surface area (Å²) >= 11 is 0. The number of carbonyl (C=O) groups excluding carboxylic acids is 2. The van der Waals surface area contributed by atoms with Crippen molar-refractivity contribution in [3.63, 3.8) is 0 Å². The zero-order valence-electron chi connectivity index (χ0n) is 14.4. The second-order valence-corrected chi connectivity index (χ2v) is 7.98. The second-order valence-electron chi connectivity index (χ2n) is 6.25. The molecule has 0 aromatic heterocycles. The molecule has 2 amide bonds. The van der Waals surface area contributed by atoms with Gasteiger partial charge in [0, 0.05) is 0 Å². The monoisotopic (exact) mass is 355 g/mol. The highest BCUT2D eigenvalue weighted by Crippen LogP contribution is 2.16. The van der Waals surface area contributed by atoms with Crippen LogP contribution in [0.25, 0.3) is 0 Å². The summed E-state index contributed by atoms with van der Waals surface area (Å²) in [5, 5.41) is 2.46. The molecule has 7 nitrogen and oxygen atoms in total. The molecular formula is C16H25N3O4S. The smallest absolute Gasteiger partial charge is 0.241 e. The third-order valence-corrected chi connectivity index (χ3v) is 4.99. The zero-order valence-corrected chi connectivity index (χ0v) is 15.2. The van der Waals surface area contributed by atoms with Crippen LogP contribution in [-0.4, -0.2) is 32.8 Å². The summed E-state index contributed by atoms with van der Waals surface area (Å²) < 4.78 is 26.8. The highest BCUT2D eigenvalue weighted by atomic mass is 32.2. The van der Waals surface area contributed by atoms with Crippen molar-refractivity contribution >= 4 is 21.8 Å². The van der Waals surface area contributed by atoms with E-state index in [1.807, 2.05) is 20.8 Å². The average Bonchev–Trinajstić information content (AvgIpc) is 2.43. The van der Waals surface area contributed by atoms with Gasteiger partial charge >= 0.3 is 0 Å². The summed E-state index contributed by atoms with van der Waals surface area (Å²) in [5.41, 5.74) is 6.79. The van der Waals surface area contributed by atoms with Crippen LogP contribution in [0.2, 0.25) is 0 Å². The minimum Gasteiger partial charge on any atom is -0.368 e. The molecule has 0 aliphatic heterocycles. The van der Waals surface area contributed by atoms with Gasteiger partial charge in [-0.05, 0) is 37.8 Å². The molecule has 134 valence electrons. The van der Waals surface area contributed by atoms with Gasteiger partial charge in [0.2, 0.25) is 21.8 Å². The number of rotatable bonds is 8. The van der Waals surface area contributed by atoms with Gasteiger partial charge < -0.3 is 11.1 Å². The van der Waals surface area contributed by atoms with E-state index in [1.165, 1.54) is 6.07 Å². The lowest BCUT2D eigenvalue weighted by Crippen LogP contribution is -2.48. The number of nitrogens with one attached hydrogen (secondary N) is 2. The molecule has 0 fully saturated rings. The first kappa shape index (κ1) is 20.1. The van der Waals surface area contributed by atoms with Crippen LogP contribution in [0.1, 0.15) is 31.4 Å². The van der Waals surface area contributed by atoms with Gasteiger partial charge in [-0.15, -0.1) is 0 Å². The summed E-state index contributed by atoms with van der Waals surface area (Å²) in [6.45, 7) is 6.88. The molecule has 1 aromatic rings. The molecule has 1 aromatic carbocycles. The number of nitrogens with two attached hydrogens (primary N) is 1. The van der Waals surface area contributed by atoms with E-state index >= 15 is 0 Å². The van der Waals surface area contributed by atoms with Crippen LogP contribution < -0.4 is 15.8 Å². The number of aryl methyl sites for hydroxylation is 2. The highest BCUT2D eigenvalue weighted by molar-refractivity contribution is 7.89. The van der Waals surface area contributed by atoms with Crippen LogP contribution in [0.4, 0.5) is 0 Å². The first-order valence-electron chi connectivity index (χ1n) is 7.68. The Kier molecular flexibility index (Phi) is 6.92. The second kappa shape index (κ2) is 8.25. The zero-order chi connectivity index (χ0) is 18.5. The Morgan fingerprint density at radius 1 is 1.21 bits per heavy atom. The van der Waals surface area contributed by atoms with Crippen molar-refractivity contribution in [2.24, 2.45) is 11.7 Å². The molecule has 4 N–H and O–H groups in total. The topological polar surface area (TPSA) is 118 Å². The molecule has 24 heavy (non-hydrogen) atoms. The van der Waals surface area contributed by atoms with Crippen LogP contribution in [0.5, 0.6) is 0 Å². The van der Waals surface area contributed by atoms with Crippen molar-refractivity contribution in [3.8, 4) is 0 Å². The molecule has 0 spiro atoms. The summed E-state index contributed by atoms with van der Waals surface area (Å²) in [7, 11) is -3.81. The number of hydrogen-bond donors (Lipinski definition) is 3. The summed E-state index contributed by atoms with van der Waals surface area (Å²) in [6.07, 6.45) is 0.394. The Hall–Kier alpha value is -1.93. The van der Waals surface area contributed by atoms with Crippen LogP contribution in [-0.2, 0) is 19.6 Å². The normalized spacial score (nSPS) is 12.9. The molecule has 0 unspecified atom stereocenters. The molecular weight excluding hydrogens is 330 g/mol. The van der Waals surface area contributed by atoms with Crippen molar-refractivity contribution in [2.45, 2.75) is 45.1 Å². The minimum absolute atomic E-state index is 0.120. The van der Waals surface area contributed by atoms with E-state index in [1.54, 1.807) is 19.1 Å². The lowest BCUT2D eigenvalue weighted by atomic mass is 10.0. The quantitative estimate of drug-likeness (QED) is 0.632. The molecule has 0 saturated carbocycles. The van der Waals surface area contributed by atoms with E-state index in [-0.39, 0.29) is 10.8 Å². The van der Waals surface area contributed by atoms with Crippen molar-refractivity contribution in [2.75, 3.05) is 6.54 Å². The third-order valence-electron chi connectivity index (χ3n) is 3.43. The van der Waals surface area contributed by atoms with Crippen LogP contribution in [0, 0.1) is 19.8 Å². The average molecular weight is 355 g/mol. The van der Waals surface area contributed by atoms with Crippen molar-refractivity contribution in [1.82, 2.24) is 10.0 Å². The first-order chi connectivity index (χ1) is 11.0. The highest BCUT2D eigenvalue weighted by Gasteiger charge is 2.22. The standard InChI is InChI=1S/C16H25N3O4S/c1-10(2)7-13(16(17)21)19-15(20)9-18-24(22,23)14-6-5-11(3)8-12(14)4/h5-6,8,10,13,18H,7,9H2,1-4H3,(H2,17,21)(H,19,20)/t13-/m0/s1. The molecule has 0 aliphatic rings. The number of amides is 2. The molecule has 1 atom stereocenters. The Balaban J connectivity index is 2.73. The van der Waals surface area contributed by atoms with Gasteiger partial charge in [-0.1, -0.05) is 31.5 Å². The Morgan fingerprint density at radius 2 is 1.83 bits per heavy atom. The maximum atomic E-state index is 12.3. The number of hydrogen-bond acceptors (Lipinski definition) is 4. The Morgan fingerprint density at radius 3 is 2.33 bits per heavy atom. The fourth-order valence-corrected chi connectivity index (χ4v) is 3.51. The molecule has 0 heterocycles. The van der Waals surface area contributed by atoms with Gasteiger partial charge in [0.15, 0.2) is 0 Å². The number of sulfonamides is 1. The van der Waals surface area contributed by atoms with Gasteiger partial charge in [-0.2, -0.15) is 0 Å². The Bertz CT molecular complexity index is 714. The van der Waals surface area contributed by atoms with Gasteiger partial charge in [-0.3, -0.25) is 9.59 Å². The number of carbonyl (C=O) groups is 2. The van der Waals surface area contributed by atoms with E-state index < -0.39 is 34.4 Å². The van der Waals surface area contributed by atoms with Crippen LogP contribution in [0.15, 0.2) is 23.1 Å². The number of primary amides is 1. The number of benzene rings is 1. The fraction of sp³-hybridized carbons (Fsp3) is 0.500. The first-order valence-corrected chi connectivity index (χ1v) is 9.17. The van der Waals surface area contributed by atoms with E-state index in [9.17, 15) is 18.0 Å². The van der Waals surface area contributed by atoms with E-state index in [0.717, 1.165) is 5.56 Å². The predicted octanol–water partition coefficient (Wildman–Crippen LogP) is 0.598. The van der Waals surface area contributed by atoms with Crippen molar-refractivity contribution in [1.29, 1.82) is 0 Å². The molecule has 1 rings (SSSR count). The molecule has 0 aliphatic carbocycles. The van der Waals surface area contributed by atoms with Crippen molar-refractivity contribution in [3.05, 3.63) is 29.3 Å². The van der Waals surface area contributed by atoms with Gasteiger partial charge in [0.05, 0.1) is 11.4 Å². The molecule has 8 heteroatoms. The summed E-state index contributed by atoms with van der Waals surface area (Å²) in [5.74, 6) is -1.09. The predicted molar refractivity (Wildman–Crippen MR) is 91.7 cm³/mol. The lowest BCUT2D eigenvalue weighted by molar-refractivity contribution is -0.127. The minimum atomic E-state index is -3.81. The molecule has 0 saturated heterocycles. The largest absolute Gasteiger partial charge is 0.368 e. The molecule has 0 radical (unpaired) electrons. The maximum Gasteiger partial charge on any atom is 0.241 e. The SMILES string of the molecule is Cc1ccc(S(=O)(=O)NCC(=O)N[C@@H](CC(C)C)C(N)=O)c(C)c1. The summed E-state index contributed by atoms with van der Waals surface area (Å²) in [6, 6.07) is 4.12. The van der Waals surface area contributed by atoms with Gasteiger partial charge in [0.1, 0.15) is 6.04 Å². The summed E-state index contributed by atoms with van der Waals surface area (Å²) in [4.78, 5) is 23.4. The van der Waals surface area contributed by atoms with Crippen LogP contribution in [0.3, 0.4) is 0 Å². The van der Waals surface area contributed by atoms with Gasteiger partial charge in [0.25, 0.3) is 0 Å². The van der Waals surface area contributed by atoms with E-state index in [4.69, 9.17) is 5.73 Å². The van der Waals surface area contributed by atoms with Crippen molar-refractivity contribution < 1.29 is 18.0 Å². The maximum absolute atomic E-state index is 12.3. The third kappa shape index (κ3) is 5.93. The Labute approximate surface area is 143 Å². The van der Waals surface area contributed by atoms with E-state index in [0.29, 0.717) is 12.0 Å². The molecule has 0 bridgehead atoms. The van der Waals surface area contributed by atoms with Gasteiger partial charge in [-0.25, -0.2) is 13.1 Å². The van der Waals surface area contributed by atoms with E-state index in [2.05, 4.69) is 10.0 Å². The van der Waals surface area contributed by atoms with Crippen LogP contribution >= 0.6 is 0 Å².